The van der Waals surface area contributed by atoms with Crippen molar-refractivity contribution in [3.8, 4) is 6.07 Å². The summed E-state index contributed by atoms with van der Waals surface area (Å²) in [5, 5.41) is 18.4. The third-order valence-electron chi connectivity index (χ3n) is 3.08. The number of fused-ring (bicyclic) bond motifs is 1. The van der Waals surface area contributed by atoms with E-state index in [1.165, 1.54) is 24.0 Å². The average molecular weight is 201 g/mol. The Morgan fingerprint density at radius 2 is 2.13 bits per heavy atom. The van der Waals surface area contributed by atoms with E-state index in [0.29, 0.717) is 0 Å². The Bertz CT molecular complexity index is 392. The van der Waals surface area contributed by atoms with Crippen molar-refractivity contribution in [3.05, 3.63) is 34.9 Å². The van der Waals surface area contributed by atoms with E-state index in [1.54, 1.807) is 0 Å². The fourth-order valence-electron chi connectivity index (χ4n) is 2.32. The fraction of sp³-hybridized carbons (Fsp3) is 0.462. The van der Waals surface area contributed by atoms with Crippen molar-refractivity contribution >= 4 is 0 Å². The molecule has 0 amide bonds. The number of aliphatic hydroxyl groups excluding tert-OH is 1. The molecule has 1 N–H and O–H groups in total. The molecule has 78 valence electrons. The molecular formula is C13H15NO. The van der Waals surface area contributed by atoms with Gasteiger partial charge in [0, 0.05) is 0 Å². The first kappa shape index (κ1) is 10.2. The smallest absolute Gasteiger partial charge is 0.0922 e. The first-order chi connectivity index (χ1) is 7.33. The second kappa shape index (κ2) is 4.46. The van der Waals surface area contributed by atoms with Crippen LogP contribution in [0.4, 0.5) is 0 Å². The van der Waals surface area contributed by atoms with Crippen molar-refractivity contribution < 1.29 is 5.11 Å². The summed E-state index contributed by atoms with van der Waals surface area (Å²) in [5.41, 5.74) is 3.61. The largest absolute Gasteiger partial charge is 0.387 e. The molecule has 0 spiro atoms. The van der Waals surface area contributed by atoms with Crippen LogP contribution < -0.4 is 0 Å². The van der Waals surface area contributed by atoms with Crippen LogP contribution in [0.2, 0.25) is 0 Å². The van der Waals surface area contributed by atoms with E-state index < -0.39 is 6.10 Å². The van der Waals surface area contributed by atoms with Gasteiger partial charge in [0.05, 0.1) is 18.6 Å². The van der Waals surface area contributed by atoms with Crippen LogP contribution in [-0.2, 0) is 12.8 Å². The van der Waals surface area contributed by atoms with Gasteiger partial charge in [-0.25, -0.2) is 0 Å². The van der Waals surface area contributed by atoms with E-state index in [9.17, 15) is 5.11 Å². The molecule has 0 fully saturated rings. The standard InChI is InChI=1S/C13H15NO/c14-9-8-13(15)12-7-3-5-10-4-1-2-6-11(10)12/h3,5,7,13,15H,1-2,4,6,8H2. The SMILES string of the molecule is N#CCC(O)c1cccc2c1CCCC2. The van der Waals surface area contributed by atoms with E-state index in [4.69, 9.17) is 5.26 Å². The van der Waals surface area contributed by atoms with Gasteiger partial charge in [0.15, 0.2) is 0 Å². The lowest BCUT2D eigenvalue weighted by molar-refractivity contribution is 0.182. The molecule has 1 aliphatic rings. The Labute approximate surface area is 90.2 Å². The summed E-state index contributed by atoms with van der Waals surface area (Å²) in [7, 11) is 0. The number of aliphatic hydroxyl groups is 1. The van der Waals surface area contributed by atoms with Crippen molar-refractivity contribution in [3.63, 3.8) is 0 Å². The molecule has 1 aromatic rings. The summed E-state index contributed by atoms with van der Waals surface area (Å²) >= 11 is 0. The molecule has 0 bridgehead atoms. The van der Waals surface area contributed by atoms with Gasteiger partial charge in [-0.3, -0.25) is 0 Å². The minimum absolute atomic E-state index is 0.191. The highest BCUT2D eigenvalue weighted by molar-refractivity contribution is 5.38. The molecule has 15 heavy (non-hydrogen) atoms. The zero-order chi connectivity index (χ0) is 10.7. The highest BCUT2D eigenvalue weighted by Crippen LogP contribution is 2.29. The summed E-state index contributed by atoms with van der Waals surface area (Å²) in [4.78, 5) is 0. The average Bonchev–Trinajstić information content (AvgIpc) is 2.28. The summed E-state index contributed by atoms with van der Waals surface area (Å²) < 4.78 is 0. The fourth-order valence-corrected chi connectivity index (χ4v) is 2.32. The zero-order valence-electron chi connectivity index (χ0n) is 8.74. The Kier molecular flexibility index (Phi) is 3.03. The molecule has 1 atom stereocenters. The van der Waals surface area contributed by atoms with Crippen LogP contribution in [0.1, 0.15) is 42.1 Å². The van der Waals surface area contributed by atoms with Crippen molar-refractivity contribution in [1.29, 1.82) is 5.26 Å². The molecule has 1 unspecified atom stereocenters. The Balaban J connectivity index is 2.35. The Morgan fingerprint density at radius 1 is 1.33 bits per heavy atom. The summed E-state index contributed by atoms with van der Waals surface area (Å²) in [6, 6.07) is 8.10. The minimum Gasteiger partial charge on any atom is -0.387 e. The molecule has 1 aromatic carbocycles. The Morgan fingerprint density at radius 3 is 2.93 bits per heavy atom. The molecule has 0 saturated carbocycles. The lowest BCUT2D eigenvalue weighted by Gasteiger charge is -2.21. The van der Waals surface area contributed by atoms with E-state index in [-0.39, 0.29) is 6.42 Å². The third-order valence-corrected chi connectivity index (χ3v) is 3.08. The summed E-state index contributed by atoms with van der Waals surface area (Å²) in [6.07, 6.45) is 4.18. The normalized spacial score (nSPS) is 16.5. The Hall–Kier alpha value is -1.33. The molecule has 0 heterocycles. The van der Waals surface area contributed by atoms with E-state index in [1.807, 2.05) is 18.2 Å². The van der Waals surface area contributed by atoms with Gasteiger partial charge in [0.25, 0.3) is 0 Å². The number of nitrogens with zero attached hydrogens (tertiary/aromatic N) is 1. The number of hydrogen-bond acceptors (Lipinski definition) is 2. The summed E-state index contributed by atoms with van der Waals surface area (Å²) in [6.45, 7) is 0. The molecule has 2 nitrogen and oxygen atoms in total. The molecule has 0 aromatic heterocycles. The molecular weight excluding hydrogens is 186 g/mol. The molecule has 0 radical (unpaired) electrons. The first-order valence-electron chi connectivity index (χ1n) is 5.48. The predicted molar refractivity (Wildman–Crippen MR) is 58.3 cm³/mol. The predicted octanol–water partition coefficient (Wildman–Crippen LogP) is 2.51. The first-order valence-corrected chi connectivity index (χ1v) is 5.48. The lowest BCUT2D eigenvalue weighted by atomic mass is 9.86. The second-order valence-electron chi connectivity index (χ2n) is 4.07. The van der Waals surface area contributed by atoms with Gasteiger partial charge in [0.1, 0.15) is 0 Å². The van der Waals surface area contributed by atoms with Gasteiger partial charge in [-0.15, -0.1) is 0 Å². The van der Waals surface area contributed by atoms with Crippen LogP contribution in [0.25, 0.3) is 0 Å². The van der Waals surface area contributed by atoms with E-state index in [2.05, 4.69) is 6.07 Å². The van der Waals surface area contributed by atoms with Crippen LogP contribution >= 0.6 is 0 Å². The molecule has 2 rings (SSSR count). The number of benzene rings is 1. The quantitative estimate of drug-likeness (QED) is 0.799. The van der Waals surface area contributed by atoms with E-state index in [0.717, 1.165) is 18.4 Å². The monoisotopic (exact) mass is 201 g/mol. The van der Waals surface area contributed by atoms with Crippen molar-refractivity contribution in [1.82, 2.24) is 0 Å². The summed E-state index contributed by atoms with van der Waals surface area (Å²) in [5.74, 6) is 0. The molecule has 0 saturated heterocycles. The van der Waals surface area contributed by atoms with Gasteiger partial charge in [-0.2, -0.15) is 5.26 Å². The van der Waals surface area contributed by atoms with E-state index >= 15 is 0 Å². The molecule has 0 aliphatic heterocycles. The van der Waals surface area contributed by atoms with Crippen molar-refractivity contribution in [2.24, 2.45) is 0 Å². The van der Waals surface area contributed by atoms with Gasteiger partial charge in [0.2, 0.25) is 0 Å². The number of aryl methyl sites for hydroxylation is 1. The maximum absolute atomic E-state index is 9.85. The minimum atomic E-state index is -0.608. The molecule has 1 aliphatic carbocycles. The number of hydrogen-bond donors (Lipinski definition) is 1. The maximum Gasteiger partial charge on any atom is 0.0922 e. The van der Waals surface area contributed by atoms with Gasteiger partial charge in [-0.1, -0.05) is 18.2 Å². The lowest BCUT2D eigenvalue weighted by Crippen LogP contribution is -2.09. The van der Waals surface area contributed by atoms with Crippen LogP contribution in [0.5, 0.6) is 0 Å². The van der Waals surface area contributed by atoms with Gasteiger partial charge >= 0.3 is 0 Å². The van der Waals surface area contributed by atoms with Crippen LogP contribution in [-0.4, -0.2) is 5.11 Å². The maximum atomic E-state index is 9.85. The van der Waals surface area contributed by atoms with Crippen LogP contribution in [0.15, 0.2) is 18.2 Å². The topological polar surface area (TPSA) is 44.0 Å². The van der Waals surface area contributed by atoms with Crippen molar-refractivity contribution in [2.45, 2.75) is 38.2 Å². The van der Waals surface area contributed by atoms with Crippen molar-refractivity contribution in [2.75, 3.05) is 0 Å². The molecule has 2 heteroatoms. The second-order valence-corrected chi connectivity index (χ2v) is 4.07. The number of rotatable bonds is 2. The third kappa shape index (κ3) is 2.03. The van der Waals surface area contributed by atoms with Gasteiger partial charge in [-0.05, 0) is 42.4 Å². The number of nitriles is 1. The van der Waals surface area contributed by atoms with Crippen LogP contribution in [0, 0.1) is 11.3 Å². The zero-order valence-corrected chi connectivity index (χ0v) is 8.74. The van der Waals surface area contributed by atoms with Crippen LogP contribution in [0.3, 0.4) is 0 Å². The highest BCUT2D eigenvalue weighted by Gasteiger charge is 2.17. The van der Waals surface area contributed by atoms with Gasteiger partial charge < -0.3 is 5.11 Å². The highest BCUT2D eigenvalue weighted by atomic mass is 16.3.